The fourth-order valence-corrected chi connectivity index (χ4v) is 4.64. The zero-order valence-electron chi connectivity index (χ0n) is 20.6. The van der Waals surface area contributed by atoms with Crippen LogP contribution in [0.1, 0.15) is 54.9 Å². The maximum atomic E-state index is 13.6. The van der Waals surface area contributed by atoms with E-state index in [2.05, 4.69) is 0 Å². The van der Waals surface area contributed by atoms with Gasteiger partial charge in [-0.1, -0.05) is 30.3 Å². The molecule has 2 amide bonds. The predicted molar refractivity (Wildman–Crippen MR) is 134 cm³/mol. The molecule has 1 unspecified atom stereocenters. The maximum Gasteiger partial charge on any atom is 0.260 e. The number of piperidine rings is 1. The number of carbonyl (C=O) groups is 2. The highest BCUT2D eigenvalue weighted by Crippen LogP contribution is 2.30. The summed E-state index contributed by atoms with van der Waals surface area (Å²) in [6.07, 6.45) is 5.28. The first kappa shape index (κ1) is 25.0. The normalized spacial score (nSPS) is 17.7. The lowest BCUT2D eigenvalue weighted by Crippen LogP contribution is -2.38. The molecule has 188 valence electrons. The number of hydrogen-bond acceptors (Lipinski definition) is 5. The molecule has 7 nitrogen and oxygen atoms in total. The highest BCUT2D eigenvalue weighted by Gasteiger charge is 2.25. The lowest BCUT2D eigenvalue weighted by molar-refractivity contribution is -0.134. The van der Waals surface area contributed by atoms with Gasteiger partial charge in [-0.25, -0.2) is 0 Å². The van der Waals surface area contributed by atoms with E-state index in [1.165, 1.54) is 6.42 Å². The minimum Gasteiger partial charge on any atom is -0.490 e. The smallest absolute Gasteiger partial charge is 0.260 e. The lowest BCUT2D eigenvalue weighted by Gasteiger charge is -2.27. The molecule has 35 heavy (non-hydrogen) atoms. The van der Waals surface area contributed by atoms with Crippen LogP contribution in [-0.4, -0.2) is 67.2 Å². The summed E-state index contributed by atoms with van der Waals surface area (Å²) in [5, 5.41) is 0. The Morgan fingerprint density at radius 1 is 1.00 bits per heavy atom. The summed E-state index contributed by atoms with van der Waals surface area (Å²) in [6.45, 7) is 5.65. The van der Waals surface area contributed by atoms with Gasteiger partial charge in [0.2, 0.25) is 0 Å². The molecule has 0 N–H and O–H groups in total. The Morgan fingerprint density at radius 3 is 2.51 bits per heavy atom. The van der Waals surface area contributed by atoms with Gasteiger partial charge in [0.1, 0.15) is 0 Å². The van der Waals surface area contributed by atoms with Crippen molar-refractivity contribution in [3.63, 3.8) is 0 Å². The van der Waals surface area contributed by atoms with E-state index in [4.69, 9.17) is 14.2 Å². The van der Waals surface area contributed by atoms with Crippen molar-refractivity contribution in [2.75, 3.05) is 39.5 Å². The third-order valence-corrected chi connectivity index (χ3v) is 6.50. The Morgan fingerprint density at radius 2 is 1.80 bits per heavy atom. The van der Waals surface area contributed by atoms with E-state index in [0.29, 0.717) is 36.8 Å². The summed E-state index contributed by atoms with van der Waals surface area (Å²) in [5.41, 5.74) is 1.59. The Bertz CT molecular complexity index is 969. The van der Waals surface area contributed by atoms with Gasteiger partial charge in [0.05, 0.1) is 12.7 Å². The molecule has 2 aromatic carbocycles. The molecule has 7 heteroatoms. The molecule has 4 rings (SSSR count). The third kappa shape index (κ3) is 6.98. The topological polar surface area (TPSA) is 68.3 Å². The Labute approximate surface area is 207 Å². The summed E-state index contributed by atoms with van der Waals surface area (Å²) in [7, 11) is 0. The minimum absolute atomic E-state index is 0.0158. The van der Waals surface area contributed by atoms with Crippen molar-refractivity contribution in [1.29, 1.82) is 0 Å². The van der Waals surface area contributed by atoms with Crippen LogP contribution in [0.2, 0.25) is 0 Å². The van der Waals surface area contributed by atoms with Crippen molar-refractivity contribution in [1.82, 2.24) is 9.80 Å². The van der Waals surface area contributed by atoms with Gasteiger partial charge in [0.15, 0.2) is 18.1 Å². The molecule has 0 spiro atoms. The second-order valence-electron chi connectivity index (χ2n) is 9.13. The van der Waals surface area contributed by atoms with Crippen LogP contribution in [0.3, 0.4) is 0 Å². The van der Waals surface area contributed by atoms with Crippen LogP contribution in [-0.2, 0) is 16.1 Å². The van der Waals surface area contributed by atoms with Crippen LogP contribution in [0, 0.1) is 0 Å². The average Bonchev–Trinajstić information content (AvgIpc) is 3.41. The summed E-state index contributed by atoms with van der Waals surface area (Å²) >= 11 is 0. The molecule has 2 saturated heterocycles. The highest BCUT2D eigenvalue weighted by molar-refractivity contribution is 5.95. The standard InChI is InChI=1S/C28H36N2O5/c1-2-33-26-18-23(13-14-25(26)35-21-27(31)29-15-7-4-8-16-29)28(32)30(20-24-12-9-17-34-24)19-22-10-5-3-6-11-22/h3,5-6,10-11,13-14,18,24H,2,4,7-9,12,15-17,19-21H2,1H3. The van der Waals surface area contributed by atoms with Crippen LogP contribution in [0.15, 0.2) is 48.5 Å². The average molecular weight is 481 g/mol. The number of carbonyl (C=O) groups excluding carboxylic acids is 2. The van der Waals surface area contributed by atoms with Gasteiger partial charge < -0.3 is 24.0 Å². The second kappa shape index (κ2) is 12.6. The summed E-state index contributed by atoms with van der Waals surface area (Å²) in [4.78, 5) is 29.8. The molecule has 0 aliphatic carbocycles. The Kier molecular flexibility index (Phi) is 9.01. The molecule has 2 heterocycles. The summed E-state index contributed by atoms with van der Waals surface area (Å²) in [5.74, 6) is 0.850. The Hall–Kier alpha value is -3.06. The van der Waals surface area contributed by atoms with Crippen molar-refractivity contribution in [3.8, 4) is 11.5 Å². The molecule has 0 saturated carbocycles. The van der Waals surface area contributed by atoms with Crippen molar-refractivity contribution < 1.29 is 23.8 Å². The van der Waals surface area contributed by atoms with E-state index in [9.17, 15) is 9.59 Å². The molecule has 2 fully saturated rings. The van der Waals surface area contributed by atoms with Gasteiger partial charge >= 0.3 is 0 Å². The predicted octanol–water partition coefficient (Wildman–Crippen LogP) is 4.30. The molecule has 1 atom stereocenters. The highest BCUT2D eigenvalue weighted by atomic mass is 16.5. The van der Waals surface area contributed by atoms with E-state index in [1.807, 2.05) is 47.1 Å². The molecule has 0 radical (unpaired) electrons. The first-order valence-corrected chi connectivity index (χ1v) is 12.8. The van der Waals surface area contributed by atoms with Crippen LogP contribution in [0.5, 0.6) is 11.5 Å². The summed E-state index contributed by atoms with van der Waals surface area (Å²) < 4.78 is 17.5. The number of nitrogens with zero attached hydrogens (tertiary/aromatic N) is 2. The number of ether oxygens (including phenoxy) is 3. The first-order valence-electron chi connectivity index (χ1n) is 12.8. The van der Waals surface area contributed by atoms with Crippen molar-refractivity contribution in [2.24, 2.45) is 0 Å². The minimum atomic E-state index is -0.0822. The number of likely N-dealkylation sites (tertiary alicyclic amines) is 1. The van der Waals surface area contributed by atoms with E-state index in [-0.39, 0.29) is 24.5 Å². The van der Waals surface area contributed by atoms with Crippen molar-refractivity contribution in [2.45, 2.75) is 51.7 Å². The van der Waals surface area contributed by atoms with Crippen LogP contribution in [0.4, 0.5) is 0 Å². The van der Waals surface area contributed by atoms with Gasteiger partial charge in [-0.2, -0.15) is 0 Å². The van der Waals surface area contributed by atoms with Gasteiger partial charge in [-0.05, 0) is 62.8 Å². The van der Waals surface area contributed by atoms with Gasteiger partial charge in [0.25, 0.3) is 11.8 Å². The fraction of sp³-hybridized carbons (Fsp3) is 0.500. The van der Waals surface area contributed by atoms with Crippen LogP contribution in [0.25, 0.3) is 0 Å². The molecule has 0 aromatic heterocycles. The van der Waals surface area contributed by atoms with E-state index < -0.39 is 0 Å². The van der Waals surface area contributed by atoms with Crippen LogP contribution < -0.4 is 9.47 Å². The third-order valence-electron chi connectivity index (χ3n) is 6.50. The fourth-order valence-electron chi connectivity index (χ4n) is 4.64. The molecular formula is C28H36N2O5. The quantitative estimate of drug-likeness (QED) is 0.507. The van der Waals surface area contributed by atoms with E-state index >= 15 is 0 Å². The van der Waals surface area contributed by atoms with Crippen molar-refractivity contribution in [3.05, 3.63) is 59.7 Å². The molecule has 0 bridgehead atoms. The first-order chi connectivity index (χ1) is 17.1. The lowest BCUT2D eigenvalue weighted by atomic mass is 10.1. The van der Waals surface area contributed by atoms with Crippen LogP contribution >= 0.6 is 0 Å². The maximum absolute atomic E-state index is 13.6. The zero-order valence-corrected chi connectivity index (χ0v) is 20.6. The van der Waals surface area contributed by atoms with Crippen molar-refractivity contribution >= 4 is 11.8 Å². The van der Waals surface area contributed by atoms with Gasteiger partial charge in [0, 0.05) is 38.3 Å². The number of hydrogen-bond donors (Lipinski definition) is 0. The SMILES string of the molecule is CCOc1cc(C(=O)N(Cc2ccccc2)CC2CCCO2)ccc1OCC(=O)N1CCCCC1. The molecule has 2 aliphatic heterocycles. The summed E-state index contributed by atoms with van der Waals surface area (Å²) in [6, 6.07) is 15.2. The number of rotatable bonds is 10. The van der Waals surface area contributed by atoms with E-state index in [0.717, 1.165) is 50.9 Å². The van der Waals surface area contributed by atoms with Gasteiger partial charge in [-0.15, -0.1) is 0 Å². The Balaban J connectivity index is 1.48. The molecule has 2 aliphatic rings. The molecular weight excluding hydrogens is 444 g/mol. The number of benzene rings is 2. The largest absolute Gasteiger partial charge is 0.490 e. The monoisotopic (exact) mass is 480 g/mol. The zero-order chi connectivity index (χ0) is 24.5. The molecule has 2 aromatic rings. The number of amides is 2. The van der Waals surface area contributed by atoms with Gasteiger partial charge in [-0.3, -0.25) is 9.59 Å². The second-order valence-corrected chi connectivity index (χ2v) is 9.13. The van der Waals surface area contributed by atoms with E-state index in [1.54, 1.807) is 18.2 Å².